The van der Waals surface area contributed by atoms with Gasteiger partial charge in [-0.25, -0.2) is 0 Å². The van der Waals surface area contributed by atoms with Crippen LogP contribution in [-0.4, -0.2) is 32.8 Å². The molecule has 0 aromatic heterocycles. The first-order valence-corrected chi connectivity index (χ1v) is 5.15. The van der Waals surface area contributed by atoms with Gasteiger partial charge >= 0.3 is 0 Å². The Labute approximate surface area is 95.3 Å². The summed E-state index contributed by atoms with van der Waals surface area (Å²) in [4.78, 5) is 23.8. The molecule has 0 unspecified atom stereocenters. The fourth-order valence-electron chi connectivity index (χ4n) is 1.45. The van der Waals surface area contributed by atoms with E-state index < -0.39 is 0 Å². The number of benzene rings is 1. The van der Waals surface area contributed by atoms with Gasteiger partial charge in [0.15, 0.2) is 6.29 Å². The zero-order chi connectivity index (χ0) is 12.0. The largest absolute Gasteiger partial charge is 0.374 e. The molecule has 0 saturated heterocycles. The molecule has 0 heterocycles. The van der Waals surface area contributed by atoms with Gasteiger partial charge in [0.25, 0.3) is 0 Å². The van der Waals surface area contributed by atoms with Gasteiger partial charge in [0.05, 0.1) is 0 Å². The van der Waals surface area contributed by atoms with Gasteiger partial charge in [-0.1, -0.05) is 12.1 Å². The monoisotopic (exact) mass is 220 g/mol. The van der Waals surface area contributed by atoms with Crippen molar-refractivity contribution in [3.8, 4) is 0 Å². The number of rotatable bonds is 5. The van der Waals surface area contributed by atoms with Crippen LogP contribution in [-0.2, 0) is 4.79 Å². The Kier molecular flexibility index (Phi) is 4.51. The minimum Gasteiger partial charge on any atom is -0.374 e. The number of amides is 1. The number of anilines is 1. The van der Waals surface area contributed by atoms with E-state index in [9.17, 15) is 9.59 Å². The van der Waals surface area contributed by atoms with E-state index in [0.29, 0.717) is 18.5 Å². The first-order chi connectivity index (χ1) is 7.69. The molecular formula is C12H16N2O2. The van der Waals surface area contributed by atoms with E-state index in [0.717, 1.165) is 12.0 Å². The third-order valence-corrected chi connectivity index (χ3v) is 2.43. The molecule has 16 heavy (non-hydrogen) atoms. The van der Waals surface area contributed by atoms with E-state index >= 15 is 0 Å². The van der Waals surface area contributed by atoms with Crippen molar-refractivity contribution < 1.29 is 9.59 Å². The highest BCUT2D eigenvalue weighted by Gasteiger charge is 2.07. The molecule has 0 saturated carbocycles. The number of nitrogens with one attached hydrogen (secondary N) is 1. The molecule has 0 radical (unpaired) electrons. The van der Waals surface area contributed by atoms with E-state index in [2.05, 4.69) is 5.32 Å². The molecule has 86 valence electrons. The highest BCUT2D eigenvalue weighted by Crippen LogP contribution is 2.17. The Hall–Kier alpha value is -1.84. The van der Waals surface area contributed by atoms with Gasteiger partial charge in [0.2, 0.25) is 5.91 Å². The maximum absolute atomic E-state index is 11.1. The van der Waals surface area contributed by atoms with E-state index in [1.54, 1.807) is 13.1 Å². The minimum atomic E-state index is -0.00423. The molecule has 1 aromatic carbocycles. The first kappa shape index (κ1) is 12.2. The Morgan fingerprint density at radius 1 is 1.44 bits per heavy atom. The topological polar surface area (TPSA) is 49.4 Å². The summed E-state index contributed by atoms with van der Waals surface area (Å²) in [5, 5.41) is 2.57. The van der Waals surface area contributed by atoms with Gasteiger partial charge in [0, 0.05) is 38.3 Å². The lowest BCUT2D eigenvalue weighted by Gasteiger charge is -2.20. The second kappa shape index (κ2) is 5.90. The van der Waals surface area contributed by atoms with Crippen molar-refractivity contribution in [1.82, 2.24) is 5.32 Å². The van der Waals surface area contributed by atoms with Crippen LogP contribution in [0.25, 0.3) is 0 Å². The van der Waals surface area contributed by atoms with Crippen molar-refractivity contribution in [2.24, 2.45) is 0 Å². The van der Waals surface area contributed by atoms with Crippen molar-refractivity contribution in [3.63, 3.8) is 0 Å². The van der Waals surface area contributed by atoms with Gasteiger partial charge < -0.3 is 10.2 Å². The SMILES string of the molecule is CNC(=O)CCN(C)c1ccccc1C=O. The standard InChI is InChI=1S/C12H16N2O2/c1-13-12(16)7-8-14(2)11-6-4-3-5-10(11)9-15/h3-6,9H,7-8H2,1-2H3,(H,13,16). The molecular weight excluding hydrogens is 204 g/mol. The van der Waals surface area contributed by atoms with Crippen molar-refractivity contribution in [1.29, 1.82) is 0 Å². The fourth-order valence-corrected chi connectivity index (χ4v) is 1.45. The first-order valence-electron chi connectivity index (χ1n) is 5.15. The lowest BCUT2D eigenvalue weighted by Crippen LogP contribution is -2.26. The average molecular weight is 220 g/mol. The fraction of sp³-hybridized carbons (Fsp3) is 0.333. The number of carbonyl (C=O) groups excluding carboxylic acids is 2. The van der Waals surface area contributed by atoms with Crippen LogP contribution < -0.4 is 10.2 Å². The third-order valence-electron chi connectivity index (χ3n) is 2.43. The third kappa shape index (κ3) is 3.08. The van der Waals surface area contributed by atoms with Gasteiger partial charge in [-0.3, -0.25) is 9.59 Å². The minimum absolute atomic E-state index is 0.00423. The summed E-state index contributed by atoms with van der Waals surface area (Å²) in [7, 11) is 3.48. The second-order valence-corrected chi connectivity index (χ2v) is 3.52. The van der Waals surface area contributed by atoms with Gasteiger partial charge in [-0.15, -0.1) is 0 Å². The second-order valence-electron chi connectivity index (χ2n) is 3.52. The van der Waals surface area contributed by atoms with Crippen LogP contribution in [0.1, 0.15) is 16.8 Å². The predicted octanol–water partition coefficient (Wildman–Crippen LogP) is 1.07. The molecule has 1 aromatic rings. The number of aldehydes is 1. The molecule has 1 rings (SSSR count). The summed E-state index contributed by atoms with van der Waals surface area (Å²) in [6.45, 7) is 0.588. The van der Waals surface area contributed by atoms with Gasteiger partial charge in [-0.05, 0) is 12.1 Å². The zero-order valence-corrected chi connectivity index (χ0v) is 9.56. The molecule has 0 spiro atoms. The summed E-state index contributed by atoms with van der Waals surface area (Å²) in [5.41, 5.74) is 1.49. The molecule has 0 aliphatic carbocycles. The summed E-state index contributed by atoms with van der Waals surface area (Å²) < 4.78 is 0. The highest BCUT2D eigenvalue weighted by atomic mass is 16.1. The molecule has 4 nitrogen and oxygen atoms in total. The summed E-state index contributed by atoms with van der Waals surface area (Å²) in [5.74, 6) is -0.00423. The van der Waals surface area contributed by atoms with Crippen molar-refractivity contribution in [2.45, 2.75) is 6.42 Å². The van der Waals surface area contributed by atoms with Crippen LogP contribution >= 0.6 is 0 Å². The van der Waals surface area contributed by atoms with Crippen molar-refractivity contribution in [3.05, 3.63) is 29.8 Å². The van der Waals surface area contributed by atoms with Crippen LogP contribution in [0.4, 0.5) is 5.69 Å². The van der Waals surface area contributed by atoms with Gasteiger partial charge in [0.1, 0.15) is 0 Å². The van der Waals surface area contributed by atoms with Crippen LogP contribution in [0.2, 0.25) is 0 Å². The molecule has 0 aliphatic heterocycles. The predicted molar refractivity (Wildman–Crippen MR) is 63.8 cm³/mol. The lowest BCUT2D eigenvalue weighted by atomic mass is 10.2. The number of carbonyl (C=O) groups is 2. The van der Waals surface area contributed by atoms with E-state index in [1.807, 2.05) is 30.1 Å². The lowest BCUT2D eigenvalue weighted by molar-refractivity contribution is -0.120. The maximum atomic E-state index is 11.1. The van der Waals surface area contributed by atoms with Gasteiger partial charge in [-0.2, -0.15) is 0 Å². The molecule has 0 atom stereocenters. The smallest absolute Gasteiger partial charge is 0.221 e. The number of nitrogens with zero attached hydrogens (tertiary/aromatic N) is 1. The average Bonchev–Trinajstić information content (AvgIpc) is 2.35. The Morgan fingerprint density at radius 2 is 2.12 bits per heavy atom. The molecule has 4 heteroatoms. The molecule has 0 bridgehead atoms. The zero-order valence-electron chi connectivity index (χ0n) is 9.56. The van der Waals surface area contributed by atoms with E-state index in [4.69, 9.17) is 0 Å². The van der Waals surface area contributed by atoms with Crippen LogP contribution in [0, 0.1) is 0 Å². The normalized spacial score (nSPS) is 9.62. The summed E-state index contributed by atoms with van der Waals surface area (Å²) in [6, 6.07) is 7.32. The molecule has 1 N–H and O–H groups in total. The molecule has 0 fully saturated rings. The van der Waals surface area contributed by atoms with Crippen molar-refractivity contribution in [2.75, 3.05) is 25.5 Å². The Balaban J connectivity index is 2.68. The Bertz CT molecular complexity index is 377. The molecule has 0 aliphatic rings. The van der Waals surface area contributed by atoms with Crippen LogP contribution in [0.5, 0.6) is 0 Å². The summed E-state index contributed by atoms with van der Waals surface area (Å²) >= 11 is 0. The number of hydrogen-bond acceptors (Lipinski definition) is 3. The maximum Gasteiger partial charge on any atom is 0.221 e. The van der Waals surface area contributed by atoms with Crippen molar-refractivity contribution >= 4 is 17.9 Å². The summed E-state index contributed by atoms with van der Waals surface area (Å²) in [6.07, 6.45) is 1.24. The number of para-hydroxylation sites is 1. The molecule has 1 amide bonds. The van der Waals surface area contributed by atoms with Crippen LogP contribution in [0.3, 0.4) is 0 Å². The van der Waals surface area contributed by atoms with E-state index in [-0.39, 0.29) is 5.91 Å². The quantitative estimate of drug-likeness (QED) is 0.755. The highest BCUT2D eigenvalue weighted by molar-refractivity contribution is 5.84. The number of hydrogen-bond donors (Lipinski definition) is 1. The Morgan fingerprint density at radius 3 is 2.75 bits per heavy atom. The van der Waals surface area contributed by atoms with E-state index in [1.165, 1.54) is 0 Å². The van der Waals surface area contributed by atoms with Crippen LogP contribution in [0.15, 0.2) is 24.3 Å².